The van der Waals surface area contributed by atoms with Crippen molar-refractivity contribution >= 4 is 52.3 Å². The van der Waals surface area contributed by atoms with E-state index >= 15 is 0 Å². The van der Waals surface area contributed by atoms with Crippen molar-refractivity contribution < 1.29 is 26.6 Å². The molecule has 5 aromatic rings. The Morgan fingerprint density at radius 1 is 0.604 bits per heavy atom. The molecule has 5 aromatic carbocycles. The number of benzene rings is 5. The minimum atomic E-state index is -0.418. The van der Waals surface area contributed by atoms with Gasteiger partial charge in [-0.25, -0.2) is 0 Å². The Hall–Kier alpha value is -6.91. The van der Waals surface area contributed by atoms with Crippen LogP contribution >= 0.6 is 0 Å². The van der Waals surface area contributed by atoms with Crippen molar-refractivity contribution in [2.45, 2.75) is 6.42 Å². The second-order valence-electron chi connectivity index (χ2n) is 10.9. The summed E-state index contributed by atoms with van der Waals surface area (Å²) < 4.78 is 0. The summed E-state index contributed by atoms with van der Waals surface area (Å²) in [6.07, 6.45) is 13.3. The van der Waals surface area contributed by atoms with Crippen LogP contribution in [0.3, 0.4) is 0 Å². The minimum Gasteiger partial charge on any atom is -0.660 e. The first kappa shape index (κ1) is 38.9. The number of aliphatic imine (C=N–C) groups is 2. The molecule has 0 atom stereocenters. The van der Waals surface area contributed by atoms with Crippen LogP contribution in [0.25, 0.3) is 22.0 Å². The maximum absolute atomic E-state index is 10.8. The number of hydrogen-bond donors (Lipinski definition) is 0. The number of allylic oxidation sites excluding steroid dienone is 4. The van der Waals surface area contributed by atoms with Gasteiger partial charge in [-0.3, -0.25) is 30.2 Å². The van der Waals surface area contributed by atoms with E-state index in [-0.39, 0.29) is 28.2 Å². The van der Waals surface area contributed by atoms with Crippen LogP contribution in [-0.4, -0.2) is 22.3 Å². The van der Waals surface area contributed by atoms with E-state index in [4.69, 9.17) is 0 Å². The Labute approximate surface area is 317 Å². The van der Waals surface area contributed by atoms with E-state index in [0.717, 1.165) is 33.9 Å². The molecule has 0 aliphatic heterocycles. The van der Waals surface area contributed by atoms with Crippen LogP contribution in [0.15, 0.2) is 191 Å². The third kappa shape index (κ3) is 12.7. The summed E-state index contributed by atoms with van der Waals surface area (Å²) in [5, 5.41) is 31.0. The molecule has 1 aliphatic carbocycles. The van der Waals surface area contributed by atoms with Crippen LogP contribution in [0.2, 0.25) is 0 Å². The van der Waals surface area contributed by atoms with Crippen LogP contribution < -0.4 is 0 Å². The first-order chi connectivity index (χ1) is 25.4. The Morgan fingerprint density at radius 2 is 1.04 bits per heavy atom. The number of rotatable bonds is 12. The zero-order valence-electron chi connectivity index (χ0n) is 28.2. The molecule has 0 unspecified atom stereocenters. The van der Waals surface area contributed by atoms with Gasteiger partial charge in [0.05, 0.1) is 21.2 Å². The SMILES string of the molecule is O=[N+]([O-])c1ccc(C(=CC=Nc2ccccc2)[N-]C2=CC=C=CC2)cc1.O=[N+]([O-])c1ccc(C(=CC=Nc2ccccc2)[N-]c2ccccc2)cc1.[Co+2]. The summed E-state index contributed by atoms with van der Waals surface area (Å²) in [7, 11) is 0. The summed E-state index contributed by atoms with van der Waals surface area (Å²) in [4.78, 5) is 29.6. The van der Waals surface area contributed by atoms with E-state index in [9.17, 15) is 20.2 Å². The van der Waals surface area contributed by atoms with Crippen molar-refractivity contribution in [2.24, 2.45) is 9.98 Å². The molecule has 6 rings (SSSR count). The molecule has 1 radical (unpaired) electrons. The van der Waals surface area contributed by atoms with E-state index in [2.05, 4.69) is 26.3 Å². The molecule has 0 saturated carbocycles. The molecule has 1 aliphatic rings. The van der Waals surface area contributed by atoms with Gasteiger partial charge in [0.1, 0.15) is 0 Å². The van der Waals surface area contributed by atoms with Crippen molar-refractivity contribution in [2.75, 3.05) is 0 Å². The maximum atomic E-state index is 10.8. The van der Waals surface area contributed by atoms with Crippen LogP contribution in [0.4, 0.5) is 28.4 Å². The Kier molecular flexibility index (Phi) is 15.2. The molecule has 10 nitrogen and oxygen atoms in total. The first-order valence-corrected chi connectivity index (χ1v) is 16.1. The van der Waals surface area contributed by atoms with E-state index in [1.165, 1.54) is 24.3 Å². The Bertz CT molecular complexity index is 2180. The number of nitro benzene ring substituents is 2. The molecule has 0 saturated heterocycles. The molecule has 0 N–H and O–H groups in total. The van der Waals surface area contributed by atoms with Gasteiger partial charge >= 0.3 is 16.8 Å². The maximum Gasteiger partial charge on any atom is 2.00 e. The summed E-state index contributed by atoms with van der Waals surface area (Å²) in [5.74, 6) is 0. The molecule has 0 amide bonds. The third-order valence-electron chi connectivity index (χ3n) is 7.24. The zero-order chi connectivity index (χ0) is 36.4. The van der Waals surface area contributed by atoms with Crippen LogP contribution in [0.1, 0.15) is 17.5 Å². The average molecular weight is 744 g/mol. The smallest absolute Gasteiger partial charge is 0.660 e. The minimum absolute atomic E-state index is 0. The zero-order valence-corrected chi connectivity index (χ0v) is 29.2. The van der Waals surface area contributed by atoms with Gasteiger partial charge in [-0.2, -0.15) is 5.70 Å². The molecule has 0 heterocycles. The predicted octanol–water partition coefficient (Wildman–Crippen LogP) is 11.8. The second kappa shape index (κ2) is 20.7. The quantitative estimate of drug-likeness (QED) is 0.0543. The number of hydrogen-bond acceptors (Lipinski definition) is 6. The van der Waals surface area contributed by atoms with Gasteiger partial charge in [-0.1, -0.05) is 85.0 Å². The standard InChI is InChI=1S/2C21H16N3O2.Co/c2*25-24(26)20-13-11-17(12-14-20)21(23-19-9-5-2-6-10-19)15-16-22-18-7-3-1-4-8-18;/h1,3-9,11-16H,10H2;1-16H;/q2*-1;+2. The van der Waals surface area contributed by atoms with Crippen molar-refractivity contribution in [1.82, 2.24) is 0 Å². The number of nitro groups is 2. The van der Waals surface area contributed by atoms with Gasteiger partial charge < -0.3 is 10.6 Å². The van der Waals surface area contributed by atoms with Gasteiger partial charge in [-0.05, 0) is 78.2 Å². The summed E-state index contributed by atoms with van der Waals surface area (Å²) in [5.41, 5.74) is 9.40. The molecule has 263 valence electrons. The van der Waals surface area contributed by atoms with E-state index in [1.807, 2.05) is 109 Å². The van der Waals surface area contributed by atoms with Crippen molar-refractivity contribution in [3.8, 4) is 0 Å². The topological polar surface area (TPSA) is 139 Å². The Morgan fingerprint density at radius 3 is 1.45 bits per heavy atom. The molecule has 0 fully saturated rings. The van der Waals surface area contributed by atoms with Gasteiger partial charge in [0, 0.05) is 36.7 Å². The van der Waals surface area contributed by atoms with E-state index in [0.29, 0.717) is 17.8 Å². The molecular formula is C42H32CoN6O4. The van der Waals surface area contributed by atoms with Gasteiger partial charge in [0.15, 0.2) is 0 Å². The van der Waals surface area contributed by atoms with Crippen molar-refractivity contribution in [1.29, 1.82) is 0 Å². The van der Waals surface area contributed by atoms with E-state index in [1.54, 1.807) is 48.8 Å². The molecular weight excluding hydrogens is 711 g/mol. The number of non-ortho nitro benzene ring substituents is 2. The Balaban J connectivity index is 0.000000232. The fourth-order valence-electron chi connectivity index (χ4n) is 4.64. The van der Waals surface area contributed by atoms with Crippen LogP contribution in [-0.2, 0) is 16.8 Å². The summed E-state index contributed by atoms with van der Waals surface area (Å²) >= 11 is 0. The van der Waals surface area contributed by atoms with Gasteiger partial charge in [0.2, 0.25) is 0 Å². The predicted molar refractivity (Wildman–Crippen MR) is 210 cm³/mol. The van der Waals surface area contributed by atoms with Crippen LogP contribution in [0.5, 0.6) is 0 Å². The molecule has 0 aromatic heterocycles. The summed E-state index contributed by atoms with van der Waals surface area (Å²) in [6, 6.07) is 41.4. The first-order valence-electron chi connectivity index (χ1n) is 16.1. The third-order valence-corrected chi connectivity index (χ3v) is 7.24. The largest absolute Gasteiger partial charge is 2.00 e. The fourth-order valence-corrected chi connectivity index (χ4v) is 4.64. The normalized spacial score (nSPS) is 12.3. The van der Waals surface area contributed by atoms with Crippen molar-refractivity contribution in [3.63, 3.8) is 0 Å². The van der Waals surface area contributed by atoms with Gasteiger partial charge in [-0.15, -0.1) is 22.8 Å². The average Bonchev–Trinajstić information content (AvgIpc) is 3.19. The van der Waals surface area contributed by atoms with E-state index < -0.39 is 9.85 Å². The summed E-state index contributed by atoms with van der Waals surface area (Å²) in [6.45, 7) is 0. The molecule has 0 bridgehead atoms. The fraction of sp³-hybridized carbons (Fsp3) is 0.0238. The molecule has 11 heteroatoms. The second-order valence-corrected chi connectivity index (χ2v) is 10.9. The van der Waals surface area contributed by atoms with Gasteiger partial charge in [0.25, 0.3) is 11.4 Å². The van der Waals surface area contributed by atoms with Crippen LogP contribution in [0, 0.1) is 20.2 Å². The molecule has 53 heavy (non-hydrogen) atoms. The number of nitrogens with zero attached hydrogens (tertiary/aromatic N) is 6. The molecule has 0 spiro atoms. The monoisotopic (exact) mass is 743 g/mol. The van der Waals surface area contributed by atoms with Crippen molar-refractivity contribution in [3.05, 3.63) is 223 Å². The number of para-hydroxylation sites is 3.